The zero-order chi connectivity index (χ0) is 15.4. The van der Waals surface area contributed by atoms with E-state index in [9.17, 15) is 14.4 Å². The van der Waals surface area contributed by atoms with Crippen molar-refractivity contribution in [3.05, 3.63) is 35.4 Å². The number of imide groups is 1. The van der Waals surface area contributed by atoms with Crippen LogP contribution in [0.4, 0.5) is 0 Å². The van der Waals surface area contributed by atoms with Gasteiger partial charge in [0.1, 0.15) is 0 Å². The van der Waals surface area contributed by atoms with E-state index in [1.54, 1.807) is 24.3 Å². The summed E-state index contributed by atoms with van der Waals surface area (Å²) >= 11 is 0. The van der Waals surface area contributed by atoms with Crippen molar-refractivity contribution in [2.45, 2.75) is 25.8 Å². The van der Waals surface area contributed by atoms with Crippen LogP contribution in [0.2, 0.25) is 0 Å². The highest BCUT2D eigenvalue weighted by atomic mass is 16.2. The number of carbonyl (C=O) groups is 3. The molecule has 0 aliphatic carbocycles. The first-order chi connectivity index (χ1) is 10.1. The fourth-order valence-corrected chi connectivity index (χ4v) is 2.28. The van der Waals surface area contributed by atoms with E-state index < -0.39 is 0 Å². The predicted octanol–water partition coefficient (Wildman–Crippen LogP) is 0.526. The molecule has 112 valence electrons. The van der Waals surface area contributed by atoms with Crippen molar-refractivity contribution in [3.8, 4) is 0 Å². The Labute approximate surface area is 123 Å². The predicted molar refractivity (Wildman–Crippen MR) is 77.7 cm³/mol. The first-order valence-corrected chi connectivity index (χ1v) is 7.03. The zero-order valence-electron chi connectivity index (χ0n) is 12.0. The Morgan fingerprint density at radius 2 is 1.81 bits per heavy atom. The average Bonchev–Trinajstić information content (AvgIpc) is 2.75. The van der Waals surface area contributed by atoms with Gasteiger partial charge < -0.3 is 11.1 Å². The lowest BCUT2D eigenvalue weighted by Gasteiger charge is -2.17. The summed E-state index contributed by atoms with van der Waals surface area (Å²) in [5, 5.41) is 2.78. The van der Waals surface area contributed by atoms with E-state index in [2.05, 4.69) is 5.32 Å². The van der Waals surface area contributed by atoms with Gasteiger partial charge in [-0.2, -0.15) is 0 Å². The van der Waals surface area contributed by atoms with Crippen molar-refractivity contribution >= 4 is 17.7 Å². The number of amides is 3. The van der Waals surface area contributed by atoms with E-state index in [4.69, 9.17) is 5.73 Å². The molecule has 3 amide bonds. The maximum atomic E-state index is 12.1. The minimum absolute atomic E-state index is 0.0697. The fraction of sp³-hybridized carbons (Fsp3) is 0.400. The summed E-state index contributed by atoms with van der Waals surface area (Å²) in [4.78, 5) is 37.1. The first-order valence-electron chi connectivity index (χ1n) is 7.03. The second-order valence-electron chi connectivity index (χ2n) is 4.97. The van der Waals surface area contributed by atoms with Crippen LogP contribution < -0.4 is 11.1 Å². The van der Waals surface area contributed by atoms with E-state index in [0.29, 0.717) is 17.7 Å². The molecule has 0 radical (unpaired) electrons. The molecular weight excluding hydrogens is 270 g/mol. The van der Waals surface area contributed by atoms with E-state index >= 15 is 0 Å². The lowest BCUT2D eigenvalue weighted by Crippen LogP contribution is -2.41. The minimum atomic E-state index is -0.339. The number of hydrogen-bond donors (Lipinski definition) is 2. The number of carbonyl (C=O) groups excluding carboxylic acids is 3. The van der Waals surface area contributed by atoms with Crippen LogP contribution in [0, 0.1) is 0 Å². The summed E-state index contributed by atoms with van der Waals surface area (Å²) in [7, 11) is 0. The second-order valence-corrected chi connectivity index (χ2v) is 4.97. The van der Waals surface area contributed by atoms with Gasteiger partial charge in [-0.05, 0) is 18.6 Å². The van der Waals surface area contributed by atoms with E-state index in [-0.39, 0.29) is 36.7 Å². The molecule has 0 saturated heterocycles. The number of benzene rings is 1. The van der Waals surface area contributed by atoms with Crippen molar-refractivity contribution < 1.29 is 14.4 Å². The molecule has 0 aromatic heterocycles. The maximum absolute atomic E-state index is 12.1. The number of nitrogens with zero attached hydrogens (tertiary/aromatic N) is 1. The van der Waals surface area contributed by atoms with Crippen molar-refractivity contribution in [2.24, 2.45) is 5.73 Å². The van der Waals surface area contributed by atoms with Gasteiger partial charge in [-0.15, -0.1) is 0 Å². The summed E-state index contributed by atoms with van der Waals surface area (Å²) < 4.78 is 0. The van der Waals surface area contributed by atoms with Gasteiger partial charge in [-0.25, -0.2) is 0 Å². The Hall–Kier alpha value is -2.21. The molecule has 1 unspecified atom stereocenters. The molecule has 0 bridgehead atoms. The monoisotopic (exact) mass is 289 g/mol. The van der Waals surface area contributed by atoms with Gasteiger partial charge in [-0.3, -0.25) is 19.3 Å². The molecule has 1 aliphatic rings. The SMILES string of the molecule is CCC(CN)NC(=O)CCN1C(=O)c2ccccc2C1=O. The van der Waals surface area contributed by atoms with Crippen LogP contribution in [0.25, 0.3) is 0 Å². The Balaban J connectivity index is 1.95. The lowest BCUT2D eigenvalue weighted by molar-refractivity contribution is -0.121. The molecule has 1 aromatic carbocycles. The zero-order valence-corrected chi connectivity index (χ0v) is 12.0. The van der Waals surface area contributed by atoms with E-state index in [1.165, 1.54) is 0 Å². The summed E-state index contributed by atoms with van der Waals surface area (Å²) in [6.45, 7) is 2.39. The first kappa shape index (κ1) is 15.2. The van der Waals surface area contributed by atoms with Gasteiger partial charge in [0.2, 0.25) is 5.91 Å². The molecule has 6 nitrogen and oxygen atoms in total. The summed E-state index contributed by atoms with van der Waals surface area (Å²) in [6, 6.07) is 6.61. The molecule has 0 fully saturated rings. The quantitative estimate of drug-likeness (QED) is 0.747. The highest BCUT2D eigenvalue weighted by molar-refractivity contribution is 6.21. The molecule has 0 spiro atoms. The number of nitrogens with one attached hydrogen (secondary N) is 1. The second kappa shape index (κ2) is 6.49. The third-order valence-corrected chi connectivity index (χ3v) is 3.58. The molecule has 1 aromatic rings. The topological polar surface area (TPSA) is 92.5 Å². The van der Waals surface area contributed by atoms with Gasteiger partial charge in [0, 0.05) is 25.6 Å². The van der Waals surface area contributed by atoms with E-state index in [1.807, 2.05) is 6.92 Å². The van der Waals surface area contributed by atoms with E-state index in [0.717, 1.165) is 11.3 Å². The van der Waals surface area contributed by atoms with Crippen molar-refractivity contribution in [1.29, 1.82) is 0 Å². The Kier molecular flexibility index (Phi) is 4.70. The Morgan fingerprint density at radius 3 is 2.29 bits per heavy atom. The standard InChI is InChI=1S/C15H19N3O3/c1-2-10(9-16)17-13(19)7-8-18-14(20)11-5-3-4-6-12(11)15(18)21/h3-6,10H,2,7-9,16H2,1H3,(H,17,19). The number of nitrogens with two attached hydrogens (primary N) is 1. The summed E-state index contributed by atoms with van der Waals surface area (Å²) in [6.07, 6.45) is 0.831. The third kappa shape index (κ3) is 3.11. The van der Waals surface area contributed by atoms with Gasteiger partial charge in [0.25, 0.3) is 11.8 Å². The van der Waals surface area contributed by atoms with Crippen LogP contribution in [0.5, 0.6) is 0 Å². The molecule has 0 saturated carbocycles. The molecule has 3 N–H and O–H groups in total. The fourth-order valence-electron chi connectivity index (χ4n) is 2.28. The largest absolute Gasteiger partial charge is 0.352 e. The molecule has 1 aliphatic heterocycles. The van der Waals surface area contributed by atoms with Crippen LogP contribution in [-0.4, -0.2) is 41.8 Å². The van der Waals surface area contributed by atoms with Crippen molar-refractivity contribution in [1.82, 2.24) is 10.2 Å². The molecule has 21 heavy (non-hydrogen) atoms. The van der Waals surface area contributed by atoms with Gasteiger partial charge in [0.15, 0.2) is 0 Å². The number of fused-ring (bicyclic) bond motifs is 1. The highest BCUT2D eigenvalue weighted by Crippen LogP contribution is 2.22. The van der Waals surface area contributed by atoms with Crippen LogP contribution in [-0.2, 0) is 4.79 Å². The van der Waals surface area contributed by atoms with Crippen LogP contribution in [0.15, 0.2) is 24.3 Å². The molecule has 2 rings (SSSR count). The normalized spacial score (nSPS) is 15.0. The molecule has 6 heteroatoms. The molecular formula is C15H19N3O3. The summed E-state index contributed by atoms with van der Waals surface area (Å²) in [5.41, 5.74) is 6.32. The van der Waals surface area contributed by atoms with Crippen LogP contribution in [0.3, 0.4) is 0 Å². The van der Waals surface area contributed by atoms with Crippen LogP contribution >= 0.6 is 0 Å². The molecule has 1 atom stereocenters. The Morgan fingerprint density at radius 1 is 1.24 bits per heavy atom. The lowest BCUT2D eigenvalue weighted by atomic mass is 10.1. The number of rotatable bonds is 6. The van der Waals surface area contributed by atoms with Gasteiger partial charge >= 0.3 is 0 Å². The van der Waals surface area contributed by atoms with Crippen LogP contribution in [0.1, 0.15) is 40.5 Å². The third-order valence-electron chi connectivity index (χ3n) is 3.58. The maximum Gasteiger partial charge on any atom is 0.261 e. The minimum Gasteiger partial charge on any atom is -0.352 e. The summed E-state index contributed by atoms with van der Waals surface area (Å²) in [5.74, 6) is -0.882. The van der Waals surface area contributed by atoms with Gasteiger partial charge in [-0.1, -0.05) is 19.1 Å². The smallest absolute Gasteiger partial charge is 0.261 e. The number of hydrogen-bond acceptors (Lipinski definition) is 4. The van der Waals surface area contributed by atoms with Crippen molar-refractivity contribution in [3.63, 3.8) is 0 Å². The van der Waals surface area contributed by atoms with Gasteiger partial charge in [0.05, 0.1) is 11.1 Å². The van der Waals surface area contributed by atoms with Crippen molar-refractivity contribution in [2.75, 3.05) is 13.1 Å². The average molecular weight is 289 g/mol. The highest BCUT2D eigenvalue weighted by Gasteiger charge is 2.34. The Bertz CT molecular complexity index is 532. The molecule has 1 heterocycles.